The predicted molar refractivity (Wildman–Crippen MR) is 86.2 cm³/mol. The minimum absolute atomic E-state index is 0.0704. The largest absolute Gasteiger partial charge is 0.416 e. The minimum atomic E-state index is -4.44. The number of hydrogen-bond acceptors (Lipinski definition) is 6. The average Bonchev–Trinajstić information content (AvgIpc) is 3.09. The highest BCUT2D eigenvalue weighted by Gasteiger charge is 2.31. The highest BCUT2D eigenvalue weighted by Crippen LogP contribution is 2.32. The highest BCUT2D eigenvalue weighted by molar-refractivity contribution is 5.61. The number of anilines is 1. The van der Waals surface area contributed by atoms with Crippen LogP contribution in [0, 0.1) is 0 Å². The van der Waals surface area contributed by atoms with Gasteiger partial charge in [0.05, 0.1) is 17.2 Å². The van der Waals surface area contributed by atoms with E-state index in [2.05, 4.69) is 15.1 Å². The topological polar surface area (TPSA) is 75.3 Å². The van der Waals surface area contributed by atoms with Crippen molar-refractivity contribution in [1.29, 1.82) is 0 Å². The molecule has 1 aromatic carbocycles. The summed E-state index contributed by atoms with van der Waals surface area (Å²) < 4.78 is 43.6. The molecule has 0 saturated carbocycles. The van der Waals surface area contributed by atoms with Crippen LogP contribution in [-0.2, 0) is 6.18 Å². The van der Waals surface area contributed by atoms with Crippen molar-refractivity contribution >= 4 is 5.82 Å². The van der Waals surface area contributed by atoms with Crippen molar-refractivity contribution in [1.82, 2.24) is 15.1 Å². The summed E-state index contributed by atoms with van der Waals surface area (Å²) in [6.45, 7) is 1.07. The van der Waals surface area contributed by atoms with Gasteiger partial charge in [0.1, 0.15) is 5.82 Å². The van der Waals surface area contributed by atoms with Crippen molar-refractivity contribution in [2.45, 2.75) is 12.3 Å². The van der Waals surface area contributed by atoms with Crippen molar-refractivity contribution in [3.63, 3.8) is 0 Å². The first-order valence-corrected chi connectivity index (χ1v) is 7.81. The van der Waals surface area contributed by atoms with Gasteiger partial charge in [0.25, 0.3) is 5.89 Å². The minimum Gasteiger partial charge on any atom is -0.389 e. The van der Waals surface area contributed by atoms with Gasteiger partial charge in [-0.15, -0.1) is 0 Å². The second kappa shape index (κ2) is 6.10. The van der Waals surface area contributed by atoms with Crippen LogP contribution in [0.2, 0.25) is 0 Å². The Morgan fingerprint density at radius 1 is 1.12 bits per heavy atom. The molecule has 134 valence electrons. The Hall–Kier alpha value is -2.94. The van der Waals surface area contributed by atoms with Gasteiger partial charge in [0.15, 0.2) is 0 Å². The van der Waals surface area contributed by atoms with Gasteiger partial charge in [-0.2, -0.15) is 18.2 Å². The quantitative estimate of drug-likeness (QED) is 0.772. The number of benzene rings is 1. The molecule has 1 aliphatic rings. The van der Waals surface area contributed by atoms with E-state index >= 15 is 0 Å². The summed E-state index contributed by atoms with van der Waals surface area (Å²) in [4.78, 5) is 10.3. The molecule has 0 atom stereocenters. The molecule has 2 aromatic heterocycles. The number of alkyl halides is 3. The zero-order valence-electron chi connectivity index (χ0n) is 13.3. The Bertz CT molecular complexity index is 918. The lowest BCUT2D eigenvalue weighted by molar-refractivity contribution is -0.137. The van der Waals surface area contributed by atoms with Crippen LogP contribution in [0.1, 0.15) is 5.56 Å². The Balaban J connectivity index is 1.56. The van der Waals surface area contributed by atoms with Crippen molar-refractivity contribution in [2.75, 3.05) is 18.0 Å². The molecular formula is C17H13F3N4O2. The Kier molecular flexibility index (Phi) is 3.87. The fourth-order valence-corrected chi connectivity index (χ4v) is 2.63. The van der Waals surface area contributed by atoms with E-state index < -0.39 is 11.7 Å². The summed E-state index contributed by atoms with van der Waals surface area (Å²) in [5.41, 5.74) is -0.00127. The van der Waals surface area contributed by atoms with Crippen LogP contribution in [0.15, 0.2) is 47.1 Å². The number of rotatable bonds is 3. The maximum Gasteiger partial charge on any atom is 0.416 e. The van der Waals surface area contributed by atoms with Crippen LogP contribution in [0.4, 0.5) is 19.0 Å². The smallest absolute Gasteiger partial charge is 0.389 e. The van der Waals surface area contributed by atoms with Gasteiger partial charge in [-0.1, -0.05) is 17.3 Å². The maximum atomic E-state index is 12.8. The summed E-state index contributed by atoms with van der Waals surface area (Å²) in [5, 5.41) is 13.1. The maximum absolute atomic E-state index is 12.8. The van der Waals surface area contributed by atoms with Gasteiger partial charge >= 0.3 is 6.18 Å². The van der Waals surface area contributed by atoms with Gasteiger partial charge < -0.3 is 14.5 Å². The van der Waals surface area contributed by atoms with Crippen LogP contribution >= 0.6 is 0 Å². The van der Waals surface area contributed by atoms with E-state index in [9.17, 15) is 18.3 Å². The van der Waals surface area contributed by atoms with Gasteiger partial charge in [-0.3, -0.25) is 0 Å². The summed E-state index contributed by atoms with van der Waals surface area (Å²) in [7, 11) is 0. The first kappa shape index (κ1) is 16.5. The monoisotopic (exact) mass is 362 g/mol. The number of aromatic nitrogens is 3. The van der Waals surface area contributed by atoms with Crippen molar-refractivity contribution in [2.24, 2.45) is 0 Å². The molecule has 9 heteroatoms. The first-order valence-electron chi connectivity index (χ1n) is 7.81. The zero-order valence-corrected chi connectivity index (χ0v) is 13.3. The lowest BCUT2D eigenvalue weighted by atomic mass is 10.1. The van der Waals surface area contributed by atoms with Crippen molar-refractivity contribution in [3.05, 3.63) is 48.2 Å². The van der Waals surface area contributed by atoms with Gasteiger partial charge in [0.2, 0.25) is 5.82 Å². The molecular weight excluding hydrogens is 349 g/mol. The molecule has 26 heavy (non-hydrogen) atoms. The molecule has 1 aliphatic heterocycles. The third-order valence-corrected chi connectivity index (χ3v) is 4.06. The first-order chi connectivity index (χ1) is 12.4. The molecule has 4 rings (SSSR count). The number of pyridine rings is 1. The van der Waals surface area contributed by atoms with E-state index in [1.54, 1.807) is 18.3 Å². The molecule has 0 radical (unpaired) electrons. The summed E-state index contributed by atoms with van der Waals surface area (Å²) in [6.07, 6.45) is -3.22. The zero-order chi connectivity index (χ0) is 18.3. The molecule has 1 N–H and O–H groups in total. The van der Waals surface area contributed by atoms with E-state index in [-0.39, 0.29) is 23.4 Å². The molecule has 1 fully saturated rings. The van der Waals surface area contributed by atoms with Crippen LogP contribution in [-0.4, -0.2) is 39.4 Å². The number of hydrogen-bond donors (Lipinski definition) is 1. The molecule has 0 aliphatic carbocycles. The number of aliphatic hydroxyl groups excluding tert-OH is 1. The Labute approximate surface area is 145 Å². The lowest BCUT2D eigenvalue weighted by Crippen LogP contribution is -2.51. The SMILES string of the molecule is OC1CN(c2ccc(-c3nc(-c4cccc(C(F)(F)F)c4)no3)cn2)C1. The highest BCUT2D eigenvalue weighted by atomic mass is 19.4. The molecule has 3 heterocycles. The van der Waals surface area contributed by atoms with E-state index in [0.717, 1.165) is 18.0 Å². The number of aliphatic hydroxyl groups is 1. The van der Waals surface area contributed by atoms with E-state index in [1.807, 2.05) is 4.90 Å². The van der Waals surface area contributed by atoms with Crippen LogP contribution in [0.3, 0.4) is 0 Å². The predicted octanol–water partition coefficient (Wildman–Crippen LogP) is 3.00. The van der Waals surface area contributed by atoms with E-state index in [4.69, 9.17) is 4.52 Å². The molecule has 0 spiro atoms. The molecule has 6 nitrogen and oxygen atoms in total. The summed E-state index contributed by atoms with van der Waals surface area (Å²) >= 11 is 0. The third-order valence-electron chi connectivity index (χ3n) is 4.06. The molecule has 0 bridgehead atoms. The van der Waals surface area contributed by atoms with Gasteiger partial charge in [-0.05, 0) is 24.3 Å². The van der Waals surface area contributed by atoms with Crippen LogP contribution in [0.25, 0.3) is 22.8 Å². The van der Waals surface area contributed by atoms with E-state index in [1.165, 1.54) is 12.1 Å². The van der Waals surface area contributed by atoms with Crippen molar-refractivity contribution < 1.29 is 22.8 Å². The van der Waals surface area contributed by atoms with Crippen LogP contribution < -0.4 is 4.90 Å². The normalized spacial score (nSPS) is 15.2. The summed E-state index contributed by atoms with van der Waals surface area (Å²) in [6, 6.07) is 8.24. The standard InChI is InChI=1S/C17H13F3N4O2/c18-17(19,20)12-3-1-2-10(6-12)15-22-16(26-23-15)11-4-5-14(21-7-11)24-8-13(25)9-24/h1-7,13,25H,8-9H2. The van der Waals surface area contributed by atoms with E-state index in [0.29, 0.717) is 18.7 Å². The molecule has 3 aromatic rings. The molecule has 0 unspecified atom stereocenters. The fraction of sp³-hybridized carbons (Fsp3) is 0.235. The van der Waals surface area contributed by atoms with Crippen molar-refractivity contribution in [3.8, 4) is 22.8 Å². The lowest BCUT2D eigenvalue weighted by Gasteiger charge is -2.36. The third kappa shape index (κ3) is 3.13. The number of β-amino-alcohol motifs (C(OH)–C–C–N with tert-alkyl or cyclic N) is 1. The van der Waals surface area contributed by atoms with Gasteiger partial charge in [-0.25, -0.2) is 4.98 Å². The molecule has 0 amide bonds. The average molecular weight is 362 g/mol. The van der Waals surface area contributed by atoms with Crippen LogP contribution in [0.5, 0.6) is 0 Å². The Morgan fingerprint density at radius 3 is 2.58 bits per heavy atom. The Morgan fingerprint density at radius 2 is 1.92 bits per heavy atom. The second-order valence-electron chi connectivity index (χ2n) is 5.97. The molecule has 1 saturated heterocycles. The number of halogens is 3. The second-order valence-corrected chi connectivity index (χ2v) is 5.97. The summed E-state index contributed by atoms with van der Waals surface area (Å²) in [5.74, 6) is 0.956. The van der Waals surface area contributed by atoms with Gasteiger partial charge in [0, 0.05) is 24.8 Å². The number of nitrogens with zero attached hydrogens (tertiary/aromatic N) is 4. The fourth-order valence-electron chi connectivity index (χ4n) is 2.63.